The fourth-order valence-electron chi connectivity index (χ4n) is 12.5. The number of hydrogen-bond donors (Lipinski definition) is 2. The summed E-state index contributed by atoms with van der Waals surface area (Å²) in [6.45, 7) is 5.47. The minimum Gasteiger partial charge on any atom is -0.382 e. The molecular weight excluding hydrogens is 660 g/mol. The third-order valence-electron chi connectivity index (χ3n) is 15.6. The van der Waals surface area contributed by atoms with E-state index in [9.17, 15) is 10.2 Å². The highest BCUT2D eigenvalue weighted by atomic mass is 79.9. The van der Waals surface area contributed by atoms with E-state index in [1.165, 1.54) is 86.5 Å². The molecule has 6 heterocycles. The Bertz CT molecular complexity index is 1390. The molecule has 6 saturated heterocycles. The van der Waals surface area contributed by atoms with Crippen molar-refractivity contribution in [2.24, 2.45) is 35.5 Å². The predicted molar refractivity (Wildman–Crippen MR) is 195 cm³/mol. The van der Waals surface area contributed by atoms with E-state index in [-0.39, 0.29) is 18.4 Å². The van der Waals surface area contributed by atoms with E-state index in [0.717, 1.165) is 60.7 Å². The van der Waals surface area contributed by atoms with Crippen LogP contribution in [0.1, 0.15) is 88.2 Å². The summed E-state index contributed by atoms with van der Waals surface area (Å²) in [5, 5.41) is 25.1. The monoisotopic (exact) mass is 720 g/mol. The van der Waals surface area contributed by atoms with Crippen molar-refractivity contribution < 1.29 is 23.9 Å². The van der Waals surface area contributed by atoms with Crippen LogP contribution in [-0.4, -0.2) is 83.2 Å². The Morgan fingerprint density at radius 2 is 1.10 bits per heavy atom. The zero-order chi connectivity index (χ0) is 33.1. The SMILES string of the molecule is C[N+]12CCC(CC1)CC2C1CCC(C(O)(COC(Br)C(O)(c2ccccc2)C2CCC(C3CC4CC[N+]3(C)CC4)C2)c2ccccc2)C1. The van der Waals surface area contributed by atoms with Crippen LogP contribution in [0.4, 0.5) is 0 Å². The molecular formula is C42H61BrN2O3+2. The lowest BCUT2D eigenvalue weighted by Crippen LogP contribution is -2.63. The number of aliphatic hydroxyl groups is 2. The van der Waals surface area contributed by atoms with E-state index in [2.05, 4.69) is 54.3 Å². The minimum absolute atomic E-state index is 0.100. The summed E-state index contributed by atoms with van der Waals surface area (Å²) in [5.41, 5.74) is -0.414. The quantitative estimate of drug-likeness (QED) is 0.197. The molecule has 2 saturated carbocycles. The third-order valence-corrected chi connectivity index (χ3v) is 16.5. The Hall–Kier alpha value is -1.28. The lowest BCUT2D eigenvalue weighted by Gasteiger charge is -2.54. The second-order valence-electron chi connectivity index (χ2n) is 18.0. The second-order valence-corrected chi connectivity index (χ2v) is 18.8. The predicted octanol–water partition coefficient (Wildman–Crippen LogP) is 7.59. The van der Waals surface area contributed by atoms with Gasteiger partial charge in [0.2, 0.25) is 0 Å². The molecule has 262 valence electrons. The molecule has 5 nitrogen and oxygen atoms in total. The van der Waals surface area contributed by atoms with Gasteiger partial charge in [-0.3, -0.25) is 0 Å². The van der Waals surface area contributed by atoms with Crippen LogP contribution in [-0.2, 0) is 15.9 Å². The third kappa shape index (κ3) is 5.87. The number of benzene rings is 2. The molecule has 48 heavy (non-hydrogen) atoms. The Morgan fingerprint density at radius 1 is 0.646 bits per heavy atom. The molecule has 2 aliphatic carbocycles. The maximum atomic E-state index is 12.9. The van der Waals surface area contributed by atoms with E-state index in [1.807, 2.05) is 36.4 Å². The largest absolute Gasteiger partial charge is 0.382 e. The number of piperidine rings is 6. The molecule has 0 amide bonds. The summed E-state index contributed by atoms with van der Waals surface area (Å²) in [6, 6.07) is 22.0. The van der Waals surface area contributed by atoms with Gasteiger partial charge in [-0.15, -0.1) is 0 Å². The van der Waals surface area contributed by atoms with Gasteiger partial charge in [-0.2, -0.15) is 0 Å². The van der Waals surface area contributed by atoms with E-state index >= 15 is 0 Å². The van der Waals surface area contributed by atoms with Crippen molar-refractivity contribution >= 4 is 15.9 Å². The fraction of sp³-hybridized carbons (Fsp3) is 0.714. The highest BCUT2D eigenvalue weighted by Gasteiger charge is 2.56. The summed E-state index contributed by atoms with van der Waals surface area (Å²) in [6.07, 6.45) is 14.8. The standard InChI is InChI=1S/C42H61BrN2O3/c1-44-21-17-30(18-22-44)25-38(44)32-13-15-36(27-32)41(46,34-9-5-3-6-10-34)29-48-40(43)42(47,35-11-7-4-8-12-35)37-16-14-33(28-37)39-26-31-19-23-45(39,2)24-20-31/h3-12,30-33,36-40,46-47H,13-29H2,1-2H3/q+2. The number of halogens is 1. The minimum atomic E-state index is -1.18. The van der Waals surface area contributed by atoms with Gasteiger partial charge < -0.3 is 23.9 Å². The van der Waals surface area contributed by atoms with E-state index in [0.29, 0.717) is 11.8 Å². The number of rotatable bonds is 10. The van der Waals surface area contributed by atoms with Crippen molar-refractivity contribution in [3.05, 3.63) is 71.8 Å². The maximum Gasteiger partial charge on any atom is 0.145 e. The van der Waals surface area contributed by atoms with Crippen LogP contribution in [0.25, 0.3) is 0 Å². The fourth-order valence-corrected chi connectivity index (χ4v) is 13.2. The summed E-state index contributed by atoms with van der Waals surface area (Å²) >= 11 is 3.95. The van der Waals surface area contributed by atoms with Gasteiger partial charge in [-0.05, 0) is 99.0 Å². The highest BCUT2D eigenvalue weighted by molar-refractivity contribution is 9.09. The van der Waals surface area contributed by atoms with Crippen LogP contribution in [0.5, 0.6) is 0 Å². The van der Waals surface area contributed by atoms with E-state index in [4.69, 9.17) is 4.74 Å². The second kappa shape index (κ2) is 13.0. The molecule has 0 spiro atoms. The zero-order valence-corrected chi connectivity index (χ0v) is 31.2. The lowest BCUT2D eigenvalue weighted by molar-refractivity contribution is -0.952. The number of nitrogens with zero attached hydrogens (tertiary/aromatic N) is 2. The van der Waals surface area contributed by atoms with Crippen LogP contribution in [0.2, 0.25) is 0 Å². The van der Waals surface area contributed by atoms with Gasteiger partial charge in [-0.1, -0.05) is 76.6 Å². The highest BCUT2D eigenvalue weighted by Crippen LogP contribution is 2.54. The van der Waals surface area contributed by atoms with Crippen LogP contribution in [0.3, 0.4) is 0 Å². The van der Waals surface area contributed by atoms with Crippen molar-refractivity contribution in [1.82, 2.24) is 0 Å². The number of alkyl halides is 1. The molecule has 2 N–H and O–H groups in total. The first-order valence-electron chi connectivity index (χ1n) is 19.6. The Kier molecular flexibility index (Phi) is 9.20. The van der Waals surface area contributed by atoms with Crippen molar-refractivity contribution in [2.45, 2.75) is 105 Å². The molecule has 6 aliphatic heterocycles. The topological polar surface area (TPSA) is 49.7 Å². The molecule has 2 aromatic carbocycles. The Balaban J connectivity index is 1.02. The van der Waals surface area contributed by atoms with Gasteiger partial charge in [0.15, 0.2) is 0 Å². The summed E-state index contributed by atoms with van der Waals surface area (Å²) in [4.78, 5) is 0. The van der Waals surface area contributed by atoms with Crippen molar-refractivity contribution in [3.8, 4) is 0 Å². The lowest BCUT2D eigenvalue weighted by atomic mass is 9.74. The first kappa shape index (κ1) is 33.8. The number of ether oxygens (including phenoxy) is 1. The first-order valence-corrected chi connectivity index (χ1v) is 20.5. The van der Waals surface area contributed by atoms with Gasteiger partial charge in [0.05, 0.1) is 59.0 Å². The van der Waals surface area contributed by atoms with Crippen molar-refractivity contribution in [3.63, 3.8) is 0 Å². The first-order chi connectivity index (χ1) is 23.1. The molecule has 8 aliphatic rings. The van der Waals surface area contributed by atoms with Crippen molar-refractivity contribution in [2.75, 3.05) is 46.9 Å². The smallest absolute Gasteiger partial charge is 0.145 e. The zero-order valence-electron chi connectivity index (χ0n) is 29.6. The number of fused-ring (bicyclic) bond motifs is 6. The van der Waals surface area contributed by atoms with E-state index in [1.54, 1.807) is 0 Å². The summed E-state index contributed by atoms with van der Waals surface area (Å²) < 4.78 is 9.29. The van der Waals surface area contributed by atoms with Crippen LogP contribution in [0, 0.1) is 35.5 Å². The number of hydrogen-bond acceptors (Lipinski definition) is 3. The molecule has 0 radical (unpaired) electrons. The molecule has 9 atom stereocenters. The number of quaternary nitrogens is 2. The molecule has 2 aromatic rings. The summed E-state index contributed by atoms with van der Waals surface area (Å²) in [5.74, 6) is 3.34. The van der Waals surface area contributed by atoms with Gasteiger partial charge >= 0.3 is 0 Å². The maximum absolute atomic E-state index is 12.9. The average molecular weight is 722 g/mol. The molecule has 9 unspecified atom stereocenters. The molecule has 10 rings (SSSR count). The van der Waals surface area contributed by atoms with Gasteiger partial charge in [0.25, 0.3) is 0 Å². The van der Waals surface area contributed by atoms with Gasteiger partial charge in [-0.25, -0.2) is 0 Å². The van der Waals surface area contributed by atoms with Gasteiger partial charge in [0, 0.05) is 24.7 Å². The summed E-state index contributed by atoms with van der Waals surface area (Å²) in [7, 11) is 5.01. The molecule has 0 aromatic heterocycles. The average Bonchev–Trinajstić information content (AvgIpc) is 3.83. The van der Waals surface area contributed by atoms with Crippen LogP contribution >= 0.6 is 15.9 Å². The normalized spacial score (nSPS) is 42.4. The van der Waals surface area contributed by atoms with Crippen LogP contribution in [0.15, 0.2) is 60.7 Å². The molecule has 6 heteroatoms. The Morgan fingerprint density at radius 3 is 1.60 bits per heavy atom. The van der Waals surface area contributed by atoms with Gasteiger partial charge in [0.1, 0.15) is 16.2 Å². The molecule has 4 bridgehead atoms. The Labute approximate surface area is 298 Å². The van der Waals surface area contributed by atoms with Crippen LogP contribution < -0.4 is 0 Å². The van der Waals surface area contributed by atoms with E-state index < -0.39 is 16.2 Å². The van der Waals surface area contributed by atoms with Crippen molar-refractivity contribution in [1.29, 1.82) is 0 Å². The molecule has 8 fully saturated rings.